The summed E-state index contributed by atoms with van der Waals surface area (Å²) in [5, 5.41) is 0. The number of hydrogen-bond donors (Lipinski definition) is 0. The maximum Gasteiger partial charge on any atom is 0.0992 e. The summed E-state index contributed by atoms with van der Waals surface area (Å²) >= 11 is 0. The van der Waals surface area contributed by atoms with Crippen molar-refractivity contribution in [2.75, 3.05) is 0 Å². The van der Waals surface area contributed by atoms with Crippen LogP contribution in [0.4, 0.5) is 0 Å². The zero-order valence-electron chi connectivity index (χ0n) is 12.6. The third kappa shape index (κ3) is 2.55. The van der Waals surface area contributed by atoms with Crippen LogP contribution in [0, 0.1) is 0 Å². The lowest BCUT2D eigenvalue weighted by atomic mass is 9.96. The van der Waals surface area contributed by atoms with E-state index in [0.29, 0.717) is 0 Å². The second-order valence-electron chi connectivity index (χ2n) is 5.40. The van der Waals surface area contributed by atoms with Crippen molar-refractivity contribution in [2.45, 2.75) is 0 Å². The number of benzene rings is 3. The molecule has 110 valence electrons. The van der Waals surface area contributed by atoms with Crippen LogP contribution in [0.25, 0.3) is 27.9 Å². The molecule has 0 saturated heterocycles. The molecule has 3 aromatic carbocycles. The molecule has 2 heteroatoms. The number of para-hydroxylation sites is 1. The van der Waals surface area contributed by atoms with Crippen LogP contribution >= 0.6 is 0 Å². The summed E-state index contributed by atoms with van der Waals surface area (Å²) in [7, 11) is 0. The van der Waals surface area contributed by atoms with E-state index in [1.165, 1.54) is 22.3 Å². The average molecular weight is 296 g/mol. The van der Waals surface area contributed by atoms with E-state index in [2.05, 4.69) is 76.3 Å². The molecule has 23 heavy (non-hydrogen) atoms. The smallest absolute Gasteiger partial charge is 0.0992 e. The van der Waals surface area contributed by atoms with Gasteiger partial charge in [0.2, 0.25) is 0 Å². The van der Waals surface area contributed by atoms with Crippen LogP contribution in [0.2, 0.25) is 0 Å². The largest absolute Gasteiger partial charge is 0.305 e. The molecule has 0 spiro atoms. The molecule has 0 atom stereocenters. The average Bonchev–Trinajstić information content (AvgIpc) is 3.17. The molecule has 0 N–H and O–H groups in total. The monoisotopic (exact) mass is 296 g/mol. The summed E-state index contributed by atoms with van der Waals surface area (Å²) in [6, 6.07) is 27.4. The zero-order chi connectivity index (χ0) is 15.5. The molecular formula is C21H16N2. The highest BCUT2D eigenvalue weighted by Gasteiger charge is 2.13. The Morgan fingerprint density at radius 1 is 0.609 bits per heavy atom. The van der Waals surface area contributed by atoms with Gasteiger partial charge in [0.25, 0.3) is 0 Å². The van der Waals surface area contributed by atoms with Crippen molar-refractivity contribution in [1.82, 2.24) is 9.55 Å². The van der Waals surface area contributed by atoms with Crippen LogP contribution in [0.3, 0.4) is 0 Å². The van der Waals surface area contributed by atoms with Gasteiger partial charge in [-0.1, -0.05) is 78.9 Å². The summed E-state index contributed by atoms with van der Waals surface area (Å²) in [5.74, 6) is 0. The van der Waals surface area contributed by atoms with E-state index in [4.69, 9.17) is 0 Å². The van der Waals surface area contributed by atoms with Crippen LogP contribution in [0.5, 0.6) is 0 Å². The minimum absolute atomic E-state index is 1.16. The van der Waals surface area contributed by atoms with E-state index >= 15 is 0 Å². The lowest BCUT2D eigenvalue weighted by Gasteiger charge is -2.16. The minimum Gasteiger partial charge on any atom is -0.305 e. The molecule has 0 bridgehead atoms. The van der Waals surface area contributed by atoms with Gasteiger partial charge in [-0.15, -0.1) is 0 Å². The minimum atomic E-state index is 1.16. The molecule has 0 radical (unpaired) electrons. The molecular weight excluding hydrogens is 280 g/mol. The van der Waals surface area contributed by atoms with Crippen molar-refractivity contribution in [1.29, 1.82) is 0 Å². The van der Waals surface area contributed by atoms with Gasteiger partial charge in [0.05, 0.1) is 12.0 Å². The first-order chi connectivity index (χ1) is 11.4. The molecule has 0 unspecified atom stereocenters. The topological polar surface area (TPSA) is 17.8 Å². The summed E-state index contributed by atoms with van der Waals surface area (Å²) in [4.78, 5) is 4.23. The van der Waals surface area contributed by atoms with Crippen molar-refractivity contribution < 1.29 is 0 Å². The van der Waals surface area contributed by atoms with Crippen LogP contribution in [-0.2, 0) is 0 Å². The number of nitrogens with zero attached hydrogens (tertiary/aromatic N) is 2. The Labute approximate surface area is 135 Å². The molecule has 0 fully saturated rings. The second kappa shape index (κ2) is 5.93. The van der Waals surface area contributed by atoms with Gasteiger partial charge >= 0.3 is 0 Å². The van der Waals surface area contributed by atoms with E-state index in [1.807, 2.05) is 30.9 Å². The maximum atomic E-state index is 4.23. The van der Waals surface area contributed by atoms with Crippen molar-refractivity contribution in [2.24, 2.45) is 0 Å². The predicted octanol–water partition coefficient (Wildman–Crippen LogP) is 5.21. The third-order valence-corrected chi connectivity index (χ3v) is 3.97. The van der Waals surface area contributed by atoms with Crippen molar-refractivity contribution in [3.63, 3.8) is 0 Å². The third-order valence-electron chi connectivity index (χ3n) is 3.97. The molecule has 0 amide bonds. The molecule has 4 aromatic rings. The lowest BCUT2D eigenvalue weighted by molar-refractivity contribution is 1.06. The van der Waals surface area contributed by atoms with Gasteiger partial charge in [-0.2, -0.15) is 0 Å². The summed E-state index contributed by atoms with van der Waals surface area (Å²) in [6.07, 6.45) is 5.67. The molecule has 2 nitrogen and oxygen atoms in total. The lowest BCUT2D eigenvalue weighted by Crippen LogP contribution is -1.98. The van der Waals surface area contributed by atoms with Crippen molar-refractivity contribution >= 4 is 0 Å². The Morgan fingerprint density at radius 3 is 1.65 bits per heavy atom. The fourth-order valence-electron chi connectivity index (χ4n) is 2.91. The summed E-state index contributed by atoms with van der Waals surface area (Å²) < 4.78 is 2.09. The van der Waals surface area contributed by atoms with Gasteiger partial charge < -0.3 is 4.57 Å². The highest BCUT2D eigenvalue weighted by molar-refractivity contribution is 5.85. The fourth-order valence-corrected chi connectivity index (χ4v) is 2.91. The molecule has 1 heterocycles. The van der Waals surface area contributed by atoms with E-state index in [0.717, 1.165) is 5.69 Å². The zero-order valence-corrected chi connectivity index (χ0v) is 12.6. The Balaban J connectivity index is 2.01. The number of imidazole rings is 1. The molecule has 0 aliphatic rings. The summed E-state index contributed by atoms with van der Waals surface area (Å²) in [5.41, 5.74) is 5.96. The Morgan fingerprint density at radius 2 is 1.17 bits per heavy atom. The first-order valence-corrected chi connectivity index (χ1v) is 7.66. The van der Waals surface area contributed by atoms with Crippen LogP contribution < -0.4 is 0 Å². The quantitative estimate of drug-likeness (QED) is 0.507. The van der Waals surface area contributed by atoms with Gasteiger partial charge in [-0.05, 0) is 11.1 Å². The molecule has 4 rings (SSSR count). The predicted molar refractivity (Wildman–Crippen MR) is 94.4 cm³/mol. The molecule has 1 aromatic heterocycles. The first kappa shape index (κ1) is 13.5. The van der Waals surface area contributed by atoms with Crippen LogP contribution in [0.1, 0.15) is 0 Å². The van der Waals surface area contributed by atoms with Gasteiger partial charge in [-0.25, -0.2) is 4.98 Å². The summed E-state index contributed by atoms with van der Waals surface area (Å²) in [6.45, 7) is 0. The Bertz CT molecular complexity index is 838. The van der Waals surface area contributed by atoms with E-state index in [-0.39, 0.29) is 0 Å². The standard InChI is InChI=1S/C21H16N2/c1-3-8-17(9-4-1)19-12-7-13-20(18-10-5-2-6-11-18)21(19)23-15-14-22-16-23/h1-16H. The van der Waals surface area contributed by atoms with Gasteiger partial charge in [0.15, 0.2) is 0 Å². The van der Waals surface area contributed by atoms with E-state index in [1.54, 1.807) is 0 Å². The van der Waals surface area contributed by atoms with Crippen LogP contribution in [-0.4, -0.2) is 9.55 Å². The van der Waals surface area contributed by atoms with Gasteiger partial charge in [0.1, 0.15) is 0 Å². The van der Waals surface area contributed by atoms with Gasteiger partial charge in [0, 0.05) is 23.5 Å². The Kier molecular flexibility index (Phi) is 3.49. The van der Waals surface area contributed by atoms with Gasteiger partial charge in [-0.3, -0.25) is 0 Å². The first-order valence-electron chi connectivity index (χ1n) is 7.66. The van der Waals surface area contributed by atoms with Crippen molar-refractivity contribution in [3.8, 4) is 27.9 Å². The number of hydrogen-bond acceptors (Lipinski definition) is 1. The Hall–Kier alpha value is -3.13. The second-order valence-corrected chi connectivity index (χ2v) is 5.40. The normalized spacial score (nSPS) is 10.6. The van der Waals surface area contributed by atoms with Crippen LogP contribution in [0.15, 0.2) is 97.6 Å². The van der Waals surface area contributed by atoms with E-state index < -0.39 is 0 Å². The molecule has 0 saturated carbocycles. The highest BCUT2D eigenvalue weighted by atomic mass is 15.0. The van der Waals surface area contributed by atoms with Crippen molar-refractivity contribution in [3.05, 3.63) is 97.6 Å². The SMILES string of the molecule is c1ccc(-c2cccc(-c3ccccc3)c2-n2ccnc2)cc1. The molecule has 0 aliphatic carbocycles. The number of rotatable bonds is 3. The highest BCUT2D eigenvalue weighted by Crippen LogP contribution is 2.35. The fraction of sp³-hybridized carbons (Fsp3) is 0. The van der Waals surface area contributed by atoms with E-state index in [9.17, 15) is 0 Å². The molecule has 0 aliphatic heterocycles. The number of aromatic nitrogens is 2. The maximum absolute atomic E-state index is 4.23.